The van der Waals surface area contributed by atoms with E-state index in [4.69, 9.17) is 5.26 Å². The summed E-state index contributed by atoms with van der Waals surface area (Å²) in [7, 11) is 1.83. The van der Waals surface area contributed by atoms with Gasteiger partial charge in [-0.1, -0.05) is 36.4 Å². The third-order valence-electron chi connectivity index (χ3n) is 3.97. The van der Waals surface area contributed by atoms with Gasteiger partial charge in [0, 0.05) is 18.3 Å². The summed E-state index contributed by atoms with van der Waals surface area (Å²) in [5, 5.41) is 21.1. The van der Waals surface area contributed by atoms with E-state index in [0.29, 0.717) is 16.4 Å². The van der Waals surface area contributed by atoms with Crippen LogP contribution in [0.4, 0.5) is 0 Å². The van der Waals surface area contributed by atoms with E-state index in [9.17, 15) is 9.90 Å². The Morgan fingerprint density at radius 2 is 2.04 bits per heavy atom. The molecule has 25 heavy (non-hydrogen) atoms. The maximum atomic E-state index is 11.4. The molecule has 0 atom stereocenters. The molecule has 0 bridgehead atoms. The van der Waals surface area contributed by atoms with Crippen molar-refractivity contribution in [2.24, 2.45) is 7.05 Å². The maximum absolute atomic E-state index is 11.4. The van der Waals surface area contributed by atoms with Crippen LogP contribution in [0.3, 0.4) is 0 Å². The molecule has 0 amide bonds. The Morgan fingerprint density at radius 1 is 1.32 bits per heavy atom. The van der Waals surface area contributed by atoms with Gasteiger partial charge < -0.3 is 14.5 Å². The number of carboxylic acid groups (broad SMARTS) is 1. The van der Waals surface area contributed by atoms with Crippen molar-refractivity contribution in [2.75, 3.05) is 0 Å². The average Bonchev–Trinajstić information content (AvgIpc) is 3.17. The molecule has 0 aliphatic rings. The number of aromatic carboxylic acids is 1. The van der Waals surface area contributed by atoms with Crippen LogP contribution in [0.5, 0.6) is 0 Å². The summed E-state index contributed by atoms with van der Waals surface area (Å²) in [6.45, 7) is 1.92. The van der Waals surface area contributed by atoms with E-state index in [1.807, 2.05) is 54.9 Å². The molecule has 2 aromatic heterocycles. The molecule has 2 heterocycles. The third-order valence-corrected chi connectivity index (χ3v) is 4.97. The molecule has 0 spiro atoms. The summed E-state index contributed by atoms with van der Waals surface area (Å²) >= 11 is 1.07. The Hall–Kier alpha value is -3.17. The number of aromatic nitrogens is 2. The Labute approximate surface area is 149 Å². The zero-order valence-electron chi connectivity index (χ0n) is 13.7. The van der Waals surface area contributed by atoms with E-state index in [1.54, 1.807) is 12.1 Å². The van der Waals surface area contributed by atoms with Crippen LogP contribution in [-0.2, 0) is 7.05 Å². The molecule has 5 nitrogen and oxygen atoms in total. The number of thiazole rings is 1. The maximum Gasteiger partial charge on any atom is 0.120 e. The third kappa shape index (κ3) is 3.23. The monoisotopic (exact) mass is 348 g/mol. The highest BCUT2D eigenvalue weighted by Gasteiger charge is 2.13. The predicted molar refractivity (Wildman–Crippen MR) is 95.7 cm³/mol. The lowest BCUT2D eigenvalue weighted by molar-refractivity contribution is -0.254. The second-order valence-electron chi connectivity index (χ2n) is 5.46. The zero-order valence-corrected chi connectivity index (χ0v) is 14.5. The topological polar surface area (TPSA) is 81.7 Å². The first-order chi connectivity index (χ1) is 12.0. The number of hydrogen-bond acceptors (Lipinski definition) is 5. The summed E-state index contributed by atoms with van der Waals surface area (Å²) in [5.41, 5.74) is 3.56. The Balaban J connectivity index is 1.99. The van der Waals surface area contributed by atoms with Crippen LogP contribution in [0.2, 0.25) is 0 Å². The fourth-order valence-corrected chi connectivity index (χ4v) is 3.32. The molecule has 6 heteroatoms. The summed E-state index contributed by atoms with van der Waals surface area (Å²) in [6, 6.07) is 13.1. The lowest BCUT2D eigenvalue weighted by atomic mass is 10.1. The van der Waals surface area contributed by atoms with E-state index in [2.05, 4.69) is 11.1 Å². The van der Waals surface area contributed by atoms with Crippen molar-refractivity contribution in [2.45, 2.75) is 6.92 Å². The van der Waals surface area contributed by atoms with Crippen LogP contribution in [0.25, 0.3) is 23.4 Å². The fourth-order valence-electron chi connectivity index (χ4n) is 2.50. The largest absolute Gasteiger partial charge is 0.544 e. The zero-order chi connectivity index (χ0) is 18.0. The minimum absolute atomic E-state index is 0.105. The van der Waals surface area contributed by atoms with E-state index in [-0.39, 0.29) is 4.88 Å². The van der Waals surface area contributed by atoms with Gasteiger partial charge in [-0.05, 0) is 24.6 Å². The molecule has 3 rings (SSSR count). The molecule has 0 radical (unpaired) electrons. The molecule has 0 saturated heterocycles. The van der Waals surface area contributed by atoms with Crippen molar-refractivity contribution < 1.29 is 9.90 Å². The van der Waals surface area contributed by atoms with E-state index in [1.165, 1.54) is 0 Å². The summed E-state index contributed by atoms with van der Waals surface area (Å²) < 4.78 is 1.81. The van der Waals surface area contributed by atoms with E-state index < -0.39 is 5.97 Å². The fraction of sp³-hybridized carbons (Fsp3) is 0.105. The van der Waals surface area contributed by atoms with Gasteiger partial charge in [-0.3, -0.25) is 0 Å². The second kappa shape index (κ2) is 6.75. The SMILES string of the molecule is Cc1c(/C=C/c2nc(-c3ccccc3)c(C(=O)[O-])s2)cc(C#N)n1C. The highest BCUT2D eigenvalue weighted by molar-refractivity contribution is 7.14. The van der Waals surface area contributed by atoms with Gasteiger partial charge in [-0.15, -0.1) is 11.3 Å². The van der Waals surface area contributed by atoms with Crippen molar-refractivity contribution in [3.8, 4) is 17.3 Å². The second-order valence-corrected chi connectivity index (χ2v) is 6.49. The molecule has 1 aromatic carbocycles. The van der Waals surface area contributed by atoms with E-state index >= 15 is 0 Å². The van der Waals surface area contributed by atoms with Gasteiger partial charge in [-0.2, -0.15) is 5.26 Å². The van der Waals surface area contributed by atoms with Gasteiger partial charge in [0.2, 0.25) is 0 Å². The highest BCUT2D eigenvalue weighted by atomic mass is 32.1. The van der Waals surface area contributed by atoms with Crippen LogP contribution < -0.4 is 5.11 Å². The van der Waals surface area contributed by atoms with Gasteiger partial charge in [-0.25, -0.2) is 4.98 Å². The van der Waals surface area contributed by atoms with Crippen LogP contribution in [0.15, 0.2) is 36.4 Å². The Morgan fingerprint density at radius 3 is 2.64 bits per heavy atom. The number of nitriles is 1. The molecule has 0 unspecified atom stereocenters. The highest BCUT2D eigenvalue weighted by Crippen LogP contribution is 2.29. The summed E-state index contributed by atoms with van der Waals surface area (Å²) in [5.74, 6) is -1.24. The minimum atomic E-state index is -1.24. The van der Waals surface area contributed by atoms with Crippen molar-refractivity contribution in [3.63, 3.8) is 0 Å². The van der Waals surface area contributed by atoms with E-state index in [0.717, 1.165) is 28.2 Å². The molecule has 0 aliphatic heterocycles. The van der Waals surface area contributed by atoms with Crippen molar-refractivity contribution in [1.82, 2.24) is 9.55 Å². The first kappa shape index (κ1) is 16.7. The molecule has 0 N–H and O–H groups in total. The molecule has 124 valence electrons. The van der Waals surface area contributed by atoms with Gasteiger partial charge in [0.15, 0.2) is 0 Å². The number of hydrogen-bond donors (Lipinski definition) is 0. The van der Waals surface area contributed by atoms with Gasteiger partial charge in [0.05, 0.1) is 16.5 Å². The van der Waals surface area contributed by atoms with Crippen LogP contribution in [0, 0.1) is 18.3 Å². The van der Waals surface area contributed by atoms with Crippen molar-refractivity contribution >= 4 is 29.5 Å². The minimum Gasteiger partial charge on any atom is -0.544 e. The normalized spacial score (nSPS) is 10.9. The van der Waals surface area contributed by atoms with Crippen molar-refractivity contribution in [3.05, 3.63) is 63.2 Å². The molecule has 3 aromatic rings. The van der Waals surface area contributed by atoms with Crippen molar-refractivity contribution in [1.29, 1.82) is 5.26 Å². The quantitative estimate of drug-likeness (QED) is 0.726. The number of nitrogens with zero attached hydrogens (tertiary/aromatic N) is 3. The molecular formula is C19H14N3O2S-. The lowest BCUT2D eigenvalue weighted by Gasteiger charge is -2.01. The Bertz CT molecular complexity index is 1010. The van der Waals surface area contributed by atoms with Crippen LogP contribution >= 0.6 is 11.3 Å². The van der Waals surface area contributed by atoms with Crippen LogP contribution in [-0.4, -0.2) is 15.5 Å². The molecule has 0 aliphatic carbocycles. The molecule has 0 fully saturated rings. The van der Waals surface area contributed by atoms with Gasteiger partial charge in [0.1, 0.15) is 16.8 Å². The average molecular weight is 348 g/mol. The molecular weight excluding hydrogens is 334 g/mol. The standard InChI is InChI=1S/C19H15N3O2S/c1-12-14(10-15(11-20)22(12)2)8-9-16-21-17(18(25-16)19(23)24)13-6-4-3-5-7-13/h3-10H,1-2H3,(H,23,24)/p-1/b9-8+. The summed E-state index contributed by atoms with van der Waals surface area (Å²) in [6.07, 6.45) is 3.59. The number of carboxylic acids is 1. The first-order valence-corrected chi connectivity index (χ1v) is 8.35. The number of carbonyl (C=O) groups excluding carboxylic acids is 1. The number of benzene rings is 1. The Kier molecular flexibility index (Phi) is 4.50. The predicted octanol–water partition coefficient (Wildman–Crippen LogP) is 2.86. The number of rotatable bonds is 4. The summed E-state index contributed by atoms with van der Waals surface area (Å²) in [4.78, 5) is 16.0. The number of carbonyl (C=O) groups is 1. The smallest absolute Gasteiger partial charge is 0.120 e. The van der Waals surface area contributed by atoms with Gasteiger partial charge >= 0.3 is 0 Å². The lowest BCUT2D eigenvalue weighted by Crippen LogP contribution is -2.21. The van der Waals surface area contributed by atoms with Crippen LogP contribution in [0.1, 0.15) is 31.6 Å². The first-order valence-electron chi connectivity index (χ1n) is 7.53. The van der Waals surface area contributed by atoms with Gasteiger partial charge in [0.25, 0.3) is 0 Å². The molecule has 0 saturated carbocycles.